The van der Waals surface area contributed by atoms with Gasteiger partial charge in [0.1, 0.15) is 5.75 Å². The number of carbonyl (C=O) groups excluding carboxylic acids is 1. The first-order valence-electron chi connectivity index (χ1n) is 5.75. The van der Waals surface area contributed by atoms with Gasteiger partial charge in [-0.3, -0.25) is 4.79 Å². The zero-order valence-corrected chi connectivity index (χ0v) is 9.34. The van der Waals surface area contributed by atoms with E-state index in [0.29, 0.717) is 12.2 Å². The molecule has 1 aromatic carbocycles. The van der Waals surface area contributed by atoms with Crippen molar-refractivity contribution in [2.45, 2.75) is 32.6 Å². The molecule has 3 rings (SSSR count). The number of carbonyl (C=O) groups is 1. The lowest BCUT2D eigenvalue weighted by Crippen LogP contribution is -2.13. The van der Waals surface area contributed by atoms with Crippen LogP contribution in [0.2, 0.25) is 0 Å². The molecular weight excluding hydrogens is 200 g/mol. The van der Waals surface area contributed by atoms with E-state index in [1.807, 2.05) is 13.0 Å². The Hall–Kier alpha value is -1.57. The maximum absolute atomic E-state index is 11.9. The second-order valence-electron chi connectivity index (χ2n) is 4.73. The van der Waals surface area contributed by atoms with Crippen LogP contribution < -0.4 is 0 Å². The van der Waals surface area contributed by atoms with Crippen molar-refractivity contribution in [2.75, 3.05) is 0 Å². The minimum Gasteiger partial charge on any atom is -0.507 e. The number of rotatable bonds is 0. The van der Waals surface area contributed by atoms with Crippen molar-refractivity contribution in [3.05, 3.63) is 34.4 Å². The van der Waals surface area contributed by atoms with Crippen LogP contribution in [0.5, 0.6) is 5.75 Å². The van der Waals surface area contributed by atoms with Crippen LogP contribution in [-0.2, 0) is 11.2 Å². The van der Waals surface area contributed by atoms with Crippen LogP contribution in [0, 0.1) is 6.92 Å². The highest BCUT2D eigenvalue weighted by molar-refractivity contribution is 6.08. The van der Waals surface area contributed by atoms with Gasteiger partial charge in [-0.2, -0.15) is 0 Å². The zero-order valence-electron chi connectivity index (χ0n) is 9.34. The Labute approximate surface area is 94.6 Å². The second kappa shape index (κ2) is 3.21. The Kier molecular flexibility index (Phi) is 1.93. The lowest BCUT2D eigenvalue weighted by Gasteiger charge is -2.19. The summed E-state index contributed by atoms with van der Waals surface area (Å²) in [6.07, 6.45) is 3.33. The standard InChI is InChI=1S/C14H14O2/c1-8-5-9-7-12(15)10-3-2-4-11(10)14(9)13(16)6-8/h5-6,16H,2-4,7H2,1H3. The fourth-order valence-corrected chi connectivity index (χ4v) is 2.94. The van der Waals surface area contributed by atoms with E-state index in [1.165, 1.54) is 0 Å². The molecule has 82 valence electrons. The maximum Gasteiger partial charge on any atom is 0.163 e. The summed E-state index contributed by atoms with van der Waals surface area (Å²) in [5.74, 6) is 0.599. The van der Waals surface area contributed by atoms with E-state index < -0.39 is 0 Å². The Morgan fingerprint density at radius 3 is 2.75 bits per heavy atom. The third-order valence-corrected chi connectivity index (χ3v) is 3.55. The first kappa shape index (κ1) is 9.64. The van der Waals surface area contributed by atoms with E-state index in [4.69, 9.17) is 0 Å². The van der Waals surface area contributed by atoms with Gasteiger partial charge in [0.05, 0.1) is 0 Å². The molecule has 1 N–H and O–H groups in total. The lowest BCUT2D eigenvalue weighted by atomic mass is 9.85. The minimum atomic E-state index is 0.255. The number of phenolic OH excluding ortho intramolecular Hbond substituents is 1. The molecule has 0 bridgehead atoms. The SMILES string of the molecule is Cc1cc(O)c2c(c1)CC(=O)C1=C2CCC1. The molecule has 0 atom stereocenters. The van der Waals surface area contributed by atoms with E-state index in [0.717, 1.165) is 47.1 Å². The molecule has 0 amide bonds. The first-order valence-corrected chi connectivity index (χ1v) is 5.75. The van der Waals surface area contributed by atoms with E-state index in [9.17, 15) is 9.90 Å². The minimum absolute atomic E-state index is 0.255. The second-order valence-corrected chi connectivity index (χ2v) is 4.73. The van der Waals surface area contributed by atoms with E-state index in [2.05, 4.69) is 0 Å². The number of fused-ring (bicyclic) bond motifs is 2. The van der Waals surface area contributed by atoms with Crippen molar-refractivity contribution < 1.29 is 9.90 Å². The number of aromatic hydroxyl groups is 1. The van der Waals surface area contributed by atoms with Crippen molar-refractivity contribution in [3.8, 4) is 5.75 Å². The Balaban J connectivity index is 2.28. The Morgan fingerprint density at radius 2 is 1.94 bits per heavy atom. The van der Waals surface area contributed by atoms with Gasteiger partial charge >= 0.3 is 0 Å². The van der Waals surface area contributed by atoms with Gasteiger partial charge in [-0.1, -0.05) is 6.07 Å². The average Bonchev–Trinajstić information content (AvgIpc) is 2.65. The van der Waals surface area contributed by atoms with Crippen molar-refractivity contribution in [1.29, 1.82) is 0 Å². The van der Waals surface area contributed by atoms with Crippen LogP contribution in [0.1, 0.15) is 36.0 Å². The summed E-state index contributed by atoms with van der Waals surface area (Å²) in [4.78, 5) is 11.9. The van der Waals surface area contributed by atoms with E-state index in [-0.39, 0.29) is 5.78 Å². The van der Waals surface area contributed by atoms with E-state index >= 15 is 0 Å². The highest BCUT2D eigenvalue weighted by Gasteiger charge is 2.30. The fraction of sp³-hybridized carbons (Fsp3) is 0.357. The molecule has 2 nitrogen and oxygen atoms in total. The topological polar surface area (TPSA) is 37.3 Å². The predicted octanol–water partition coefficient (Wildman–Crippen LogP) is 2.76. The van der Waals surface area contributed by atoms with Crippen molar-refractivity contribution in [1.82, 2.24) is 0 Å². The molecule has 0 heterocycles. The quantitative estimate of drug-likeness (QED) is 0.721. The molecule has 16 heavy (non-hydrogen) atoms. The maximum atomic E-state index is 11.9. The van der Waals surface area contributed by atoms with Crippen LogP contribution in [0.4, 0.5) is 0 Å². The molecule has 0 spiro atoms. The van der Waals surface area contributed by atoms with Gasteiger partial charge in [-0.05, 0) is 54.5 Å². The largest absolute Gasteiger partial charge is 0.507 e. The molecule has 0 aliphatic heterocycles. The molecule has 0 aromatic heterocycles. The third kappa shape index (κ3) is 1.22. The molecule has 2 aliphatic carbocycles. The number of hydrogen-bond acceptors (Lipinski definition) is 2. The first-order chi connectivity index (χ1) is 7.66. The summed E-state index contributed by atoms with van der Waals surface area (Å²) >= 11 is 0. The van der Waals surface area contributed by atoms with Crippen LogP contribution in [-0.4, -0.2) is 10.9 Å². The molecule has 1 aromatic rings. The molecule has 0 saturated heterocycles. The fourth-order valence-electron chi connectivity index (χ4n) is 2.94. The average molecular weight is 214 g/mol. The smallest absolute Gasteiger partial charge is 0.163 e. The monoisotopic (exact) mass is 214 g/mol. The molecular formula is C14H14O2. The van der Waals surface area contributed by atoms with Crippen LogP contribution in [0.25, 0.3) is 5.57 Å². The number of benzene rings is 1. The van der Waals surface area contributed by atoms with Crippen LogP contribution in [0.3, 0.4) is 0 Å². The van der Waals surface area contributed by atoms with Gasteiger partial charge in [0.25, 0.3) is 0 Å². The summed E-state index contributed by atoms with van der Waals surface area (Å²) in [5.41, 5.74) is 5.03. The van der Waals surface area contributed by atoms with Gasteiger partial charge < -0.3 is 5.11 Å². The van der Waals surface area contributed by atoms with Gasteiger partial charge in [-0.25, -0.2) is 0 Å². The lowest BCUT2D eigenvalue weighted by molar-refractivity contribution is -0.115. The summed E-state index contributed by atoms with van der Waals surface area (Å²) in [6.45, 7) is 1.95. The summed E-state index contributed by atoms with van der Waals surface area (Å²) in [7, 11) is 0. The molecule has 0 fully saturated rings. The zero-order chi connectivity index (χ0) is 11.3. The highest BCUT2D eigenvalue weighted by Crippen LogP contribution is 2.43. The number of phenols is 1. The summed E-state index contributed by atoms with van der Waals surface area (Å²) < 4.78 is 0. The third-order valence-electron chi connectivity index (χ3n) is 3.55. The van der Waals surface area contributed by atoms with E-state index in [1.54, 1.807) is 6.07 Å². The van der Waals surface area contributed by atoms with Crippen LogP contribution >= 0.6 is 0 Å². The van der Waals surface area contributed by atoms with Crippen LogP contribution in [0.15, 0.2) is 17.7 Å². The van der Waals surface area contributed by atoms with Gasteiger partial charge in [0, 0.05) is 12.0 Å². The van der Waals surface area contributed by atoms with Crippen molar-refractivity contribution in [2.24, 2.45) is 0 Å². The van der Waals surface area contributed by atoms with Gasteiger partial charge in [0.15, 0.2) is 5.78 Å². The highest BCUT2D eigenvalue weighted by atomic mass is 16.3. The van der Waals surface area contributed by atoms with Crippen molar-refractivity contribution in [3.63, 3.8) is 0 Å². The Morgan fingerprint density at radius 1 is 1.19 bits per heavy atom. The number of aryl methyl sites for hydroxylation is 1. The van der Waals surface area contributed by atoms with Gasteiger partial charge in [0.2, 0.25) is 0 Å². The number of hydrogen-bond donors (Lipinski definition) is 1. The molecule has 0 saturated carbocycles. The number of allylic oxidation sites excluding steroid dienone is 2. The molecule has 2 heteroatoms. The van der Waals surface area contributed by atoms with Gasteiger partial charge in [-0.15, -0.1) is 0 Å². The molecule has 0 unspecified atom stereocenters. The summed E-state index contributed by atoms with van der Waals surface area (Å²) in [5, 5.41) is 10.0. The normalized spacial score (nSPS) is 18.7. The van der Waals surface area contributed by atoms with Crippen molar-refractivity contribution >= 4 is 11.4 Å². The molecule has 0 radical (unpaired) electrons. The molecule has 2 aliphatic rings. The number of Topliss-reactive ketones (excluding diaryl/α,β-unsaturated/α-hetero) is 1. The predicted molar refractivity (Wildman–Crippen MR) is 62.3 cm³/mol. The summed E-state index contributed by atoms with van der Waals surface area (Å²) in [6, 6.07) is 3.81. The Bertz CT molecular complexity index is 524. The number of ketones is 1.